The van der Waals surface area contributed by atoms with Crippen LogP contribution in [-0.2, 0) is 21.4 Å². The van der Waals surface area contributed by atoms with E-state index in [0.29, 0.717) is 37.7 Å². The van der Waals surface area contributed by atoms with E-state index in [-0.39, 0.29) is 11.8 Å². The zero-order chi connectivity index (χ0) is 18.3. The van der Waals surface area contributed by atoms with E-state index in [4.69, 9.17) is 4.74 Å². The first kappa shape index (κ1) is 17.4. The number of piperidine rings is 1. The molecule has 0 bridgehead atoms. The summed E-state index contributed by atoms with van der Waals surface area (Å²) < 4.78 is 30.3. The van der Waals surface area contributed by atoms with Gasteiger partial charge in [0.05, 0.1) is 16.8 Å². The highest BCUT2D eigenvalue weighted by Gasteiger charge is 2.30. The maximum absolute atomic E-state index is 12.5. The van der Waals surface area contributed by atoms with Gasteiger partial charge in [0, 0.05) is 24.6 Å². The third kappa shape index (κ3) is 3.34. The minimum Gasteiger partial charge on any atom is -0.487 e. The molecule has 4 rings (SSSR count). The zero-order valence-corrected chi connectivity index (χ0v) is 15.9. The van der Waals surface area contributed by atoms with Crippen molar-refractivity contribution in [3.63, 3.8) is 0 Å². The van der Waals surface area contributed by atoms with Gasteiger partial charge in [-0.05, 0) is 25.0 Å². The van der Waals surface area contributed by atoms with Gasteiger partial charge in [-0.25, -0.2) is 17.7 Å². The van der Waals surface area contributed by atoms with Crippen LogP contribution in [0.5, 0.6) is 5.75 Å². The number of ether oxygens (including phenoxy) is 1. The lowest BCUT2D eigenvalue weighted by Gasteiger charge is -2.29. The van der Waals surface area contributed by atoms with Crippen LogP contribution < -0.4 is 10.1 Å². The summed E-state index contributed by atoms with van der Waals surface area (Å²) in [5.74, 6) is 0.507. The number of nitrogens with zero attached hydrogens (tertiary/aromatic N) is 2. The van der Waals surface area contributed by atoms with Crippen LogP contribution in [0.3, 0.4) is 0 Å². The van der Waals surface area contributed by atoms with Crippen LogP contribution in [0.2, 0.25) is 0 Å². The first-order valence-electron chi connectivity index (χ1n) is 8.40. The van der Waals surface area contributed by atoms with Crippen LogP contribution in [0.25, 0.3) is 11.3 Å². The average Bonchev–Trinajstić information content (AvgIpc) is 3.04. The highest BCUT2D eigenvalue weighted by molar-refractivity contribution is 7.88. The summed E-state index contributed by atoms with van der Waals surface area (Å²) in [5, 5.41) is 3.46. The molecule has 0 atom stereocenters. The minimum atomic E-state index is -3.19. The Kier molecular flexibility index (Phi) is 4.45. The predicted octanol–water partition coefficient (Wildman–Crippen LogP) is 2.31. The Balaban J connectivity index is 1.45. The fourth-order valence-corrected chi connectivity index (χ4v) is 5.07. The number of para-hydroxylation sites is 1. The second-order valence-electron chi connectivity index (χ2n) is 6.50. The molecular formula is C17H19N3O4S2. The smallest absolute Gasteiger partial charge is 0.229 e. The van der Waals surface area contributed by atoms with Gasteiger partial charge in [-0.15, -0.1) is 0 Å². The molecule has 2 aliphatic heterocycles. The van der Waals surface area contributed by atoms with Crippen LogP contribution in [-0.4, -0.2) is 43.0 Å². The van der Waals surface area contributed by atoms with Crippen molar-refractivity contribution in [3.8, 4) is 17.0 Å². The molecule has 0 spiro atoms. The van der Waals surface area contributed by atoms with Gasteiger partial charge < -0.3 is 10.1 Å². The van der Waals surface area contributed by atoms with Crippen LogP contribution >= 0.6 is 11.3 Å². The predicted molar refractivity (Wildman–Crippen MR) is 99.7 cm³/mol. The van der Waals surface area contributed by atoms with Crippen molar-refractivity contribution in [1.82, 2.24) is 9.29 Å². The molecule has 1 aromatic heterocycles. The van der Waals surface area contributed by atoms with Crippen molar-refractivity contribution in [1.29, 1.82) is 0 Å². The molecular weight excluding hydrogens is 374 g/mol. The molecule has 0 aliphatic carbocycles. The quantitative estimate of drug-likeness (QED) is 0.864. The standard InChI is InChI=1S/C17H19N3O4S2/c1-26(22,23)20-8-6-11(7-9-20)16(21)19-17-18-15-12-4-2-3-5-13(12)24-10-14(15)25-17/h2-5,11H,6-10H2,1H3,(H,18,19,21). The molecule has 0 unspecified atom stereocenters. The average molecular weight is 393 g/mol. The lowest BCUT2D eigenvalue weighted by Crippen LogP contribution is -2.40. The highest BCUT2D eigenvalue weighted by atomic mass is 32.2. The topological polar surface area (TPSA) is 88.6 Å². The Labute approximate surface area is 156 Å². The van der Waals surface area contributed by atoms with Crippen molar-refractivity contribution >= 4 is 32.4 Å². The van der Waals surface area contributed by atoms with Crippen LogP contribution in [0.15, 0.2) is 24.3 Å². The third-order valence-electron chi connectivity index (χ3n) is 4.72. The molecule has 2 aliphatic rings. The van der Waals surface area contributed by atoms with Crippen LogP contribution in [0.4, 0.5) is 5.13 Å². The van der Waals surface area contributed by atoms with Gasteiger partial charge in [-0.3, -0.25) is 4.79 Å². The molecule has 26 heavy (non-hydrogen) atoms. The molecule has 9 heteroatoms. The molecule has 138 valence electrons. The van der Waals surface area contributed by atoms with Gasteiger partial charge in [0.1, 0.15) is 12.4 Å². The number of rotatable bonds is 3. The number of nitrogens with one attached hydrogen (secondary N) is 1. The summed E-state index contributed by atoms with van der Waals surface area (Å²) >= 11 is 1.42. The van der Waals surface area contributed by atoms with Crippen molar-refractivity contribution in [2.75, 3.05) is 24.7 Å². The molecule has 0 saturated carbocycles. The first-order valence-corrected chi connectivity index (χ1v) is 11.1. The summed E-state index contributed by atoms with van der Waals surface area (Å²) in [5.41, 5.74) is 1.80. The Bertz CT molecular complexity index is 947. The number of benzene rings is 1. The maximum Gasteiger partial charge on any atom is 0.229 e. The molecule has 7 nitrogen and oxygen atoms in total. The van der Waals surface area contributed by atoms with Gasteiger partial charge in [-0.1, -0.05) is 23.5 Å². The number of carbonyl (C=O) groups excluding carboxylic acids is 1. The number of thiazole rings is 1. The summed E-state index contributed by atoms with van der Waals surface area (Å²) in [6, 6.07) is 7.72. The molecule has 1 saturated heterocycles. The van der Waals surface area contributed by atoms with Gasteiger partial charge in [0.2, 0.25) is 15.9 Å². The van der Waals surface area contributed by atoms with Gasteiger partial charge in [0.15, 0.2) is 5.13 Å². The lowest BCUT2D eigenvalue weighted by molar-refractivity contribution is -0.120. The zero-order valence-electron chi connectivity index (χ0n) is 14.3. The molecule has 2 aromatic rings. The Morgan fingerprint density at radius 3 is 2.77 bits per heavy atom. The van der Waals surface area contributed by atoms with Crippen molar-refractivity contribution < 1.29 is 17.9 Å². The normalized spacial score (nSPS) is 17.9. The number of fused-ring (bicyclic) bond motifs is 3. The first-order chi connectivity index (χ1) is 12.4. The second kappa shape index (κ2) is 6.64. The summed E-state index contributed by atoms with van der Waals surface area (Å²) in [7, 11) is -3.19. The minimum absolute atomic E-state index is 0.0987. The fourth-order valence-electron chi connectivity index (χ4n) is 3.30. The number of hydrogen-bond acceptors (Lipinski definition) is 6. The molecule has 3 heterocycles. The van der Waals surface area contributed by atoms with Crippen LogP contribution in [0, 0.1) is 5.92 Å². The van der Waals surface area contributed by atoms with E-state index in [9.17, 15) is 13.2 Å². The SMILES string of the molecule is CS(=O)(=O)N1CCC(C(=O)Nc2nc3c(s2)COc2ccccc2-3)CC1. The van der Waals surface area contributed by atoms with Crippen LogP contribution in [0.1, 0.15) is 17.7 Å². The van der Waals surface area contributed by atoms with E-state index in [1.54, 1.807) is 0 Å². The van der Waals surface area contributed by atoms with Crippen molar-refractivity contribution in [2.24, 2.45) is 5.92 Å². The number of sulfonamides is 1. The molecule has 1 N–H and O–H groups in total. The van der Waals surface area contributed by atoms with E-state index in [2.05, 4.69) is 10.3 Å². The fraction of sp³-hybridized carbons (Fsp3) is 0.412. The summed E-state index contributed by atoms with van der Waals surface area (Å²) in [6.07, 6.45) is 2.25. The molecule has 0 radical (unpaired) electrons. The van der Waals surface area contributed by atoms with Crippen molar-refractivity contribution in [3.05, 3.63) is 29.1 Å². The number of aromatic nitrogens is 1. The lowest BCUT2D eigenvalue weighted by atomic mass is 9.97. The number of amides is 1. The molecule has 1 aromatic carbocycles. The van der Waals surface area contributed by atoms with E-state index < -0.39 is 10.0 Å². The Morgan fingerprint density at radius 2 is 2.04 bits per heavy atom. The van der Waals surface area contributed by atoms with E-state index in [1.807, 2.05) is 24.3 Å². The largest absolute Gasteiger partial charge is 0.487 e. The maximum atomic E-state index is 12.5. The summed E-state index contributed by atoms with van der Waals surface area (Å²) in [6.45, 7) is 1.21. The third-order valence-corrected chi connectivity index (χ3v) is 6.97. The second-order valence-corrected chi connectivity index (χ2v) is 9.57. The summed E-state index contributed by atoms with van der Waals surface area (Å²) in [4.78, 5) is 18.1. The number of hydrogen-bond donors (Lipinski definition) is 1. The van der Waals surface area contributed by atoms with E-state index in [1.165, 1.54) is 21.9 Å². The molecule has 1 fully saturated rings. The van der Waals surface area contributed by atoms with Crippen molar-refractivity contribution in [2.45, 2.75) is 19.4 Å². The Hall–Kier alpha value is -1.97. The Morgan fingerprint density at radius 1 is 1.31 bits per heavy atom. The van der Waals surface area contributed by atoms with Gasteiger partial charge in [0.25, 0.3) is 0 Å². The highest BCUT2D eigenvalue weighted by Crippen LogP contribution is 2.40. The van der Waals surface area contributed by atoms with E-state index in [0.717, 1.165) is 21.9 Å². The monoisotopic (exact) mass is 393 g/mol. The number of carbonyl (C=O) groups is 1. The van der Waals surface area contributed by atoms with E-state index >= 15 is 0 Å². The number of anilines is 1. The van der Waals surface area contributed by atoms with Gasteiger partial charge in [-0.2, -0.15) is 0 Å². The van der Waals surface area contributed by atoms with Gasteiger partial charge >= 0.3 is 0 Å². The molecule has 1 amide bonds.